The maximum atomic E-state index is 13.3. The number of aryl methyl sites for hydroxylation is 1. The van der Waals surface area contributed by atoms with E-state index >= 15 is 0 Å². The molecule has 1 aromatic carbocycles. The third kappa shape index (κ3) is 3.28. The molecule has 11 heteroatoms. The molecular weight excluding hydrogens is 412 g/mol. The van der Waals surface area contributed by atoms with Gasteiger partial charge in [0.2, 0.25) is 5.95 Å². The molecule has 0 saturated carbocycles. The summed E-state index contributed by atoms with van der Waals surface area (Å²) in [6.45, 7) is 2.04. The SMILES string of the molecule is COC(=O)CN1N=C(C)Cn2c1nc1c2c(=O)n(Cc2ccc(Cl)cc2)c(=O)n1C. The number of hydrogen-bond donors (Lipinski definition) is 0. The molecular formula is C19H19ClN6O4. The highest BCUT2D eigenvalue weighted by molar-refractivity contribution is 6.30. The molecule has 156 valence electrons. The van der Waals surface area contributed by atoms with E-state index in [0.717, 1.165) is 10.1 Å². The number of rotatable bonds is 4. The summed E-state index contributed by atoms with van der Waals surface area (Å²) in [5, 5.41) is 6.29. The van der Waals surface area contributed by atoms with Crippen molar-refractivity contribution in [3.05, 3.63) is 55.7 Å². The van der Waals surface area contributed by atoms with Crippen molar-refractivity contribution >= 4 is 40.4 Å². The molecule has 0 atom stereocenters. The Labute approximate surface area is 175 Å². The van der Waals surface area contributed by atoms with E-state index in [9.17, 15) is 14.4 Å². The van der Waals surface area contributed by atoms with Crippen LogP contribution < -0.4 is 16.3 Å². The van der Waals surface area contributed by atoms with Crippen LogP contribution in [0.1, 0.15) is 12.5 Å². The predicted octanol–water partition coefficient (Wildman–Crippen LogP) is 0.967. The smallest absolute Gasteiger partial charge is 0.332 e. The standard InChI is InChI=1S/C19H19ClN6O4/c1-11-8-24-15-16(21-18(24)26(22-11)10-14(27)30-3)23(2)19(29)25(17(15)28)9-12-4-6-13(20)7-5-12/h4-7H,8-10H2,1-3H3. The number of carbonyl (C=O) groups is 1. The lowest BCUT2D eigenvalue weighted by Crippen LogP contribution is -2.40. The van der Waals surface area contributed by atoms with Crippen molar-refractivity contribution in [3.8, 4) is 0 Å². The van der Waals surface area contributed by atoms with E-state index in [0.29, 0.717) is 23.2 Å². The van der Waals surface area contributed by atoms with Gasteiger partial charge in [-0.15, -0.1) is 0 Å². The van der Waals surface area contributed by atoms with Crippen LogP contribution in [0.2, 0.25) is 5.02 Å². The quantitative estimate of drug-likeness (QED) is 0.571. The molecule has 1 aliphatic heterocycles. The Bertz CT molecular complexity index is 1300. The van der Waals surface area contributed by atoms with Crippen LogP contribution in [0.5, 0.6) is 0 Å². The Hall–Kier alpha value is -3.40. The van der Waals surface area contributed by atoms with Crippen molar-refractivity contribution in [2.75, 3.05) is 18.7 Å². The monoisotopic (exact) mass is 430 g/mol. The maximum Gasteiger partial charge on any atom is 0.332 e. The molecule has 3 heterocycles. The molecule has 30 heavy (non-hydrogen) atoms. The number of aromatic nitrogens is 4. The first-order chi connectivity index (χ1) is 14.3. The Morgan fingerprint density at radius 2 is 1.93 bits per heavy atom. The lowest BCUT2D eigenvalue weighted by atomic mass is 10.2. The zero-order valence-electron chi connectivity index (χ0n) is 16.6. The molecule has 0 fully saturated rings. The lowest BCUT2D eigenvalue weighted by Gasteiger charge is -2.23. The van der Waals surface area contributed by atoms with Gasteiger partial charge in [-0.05, 0) is 24.6 Å². The number of esters is 1. The molecule has 0 N–H and O–H groups in total. The van der Waals surface area contributed by atoms with Crippen molar-refractivity contribution in [3.63, 3.8) is 0 Å². The predicted molar refractivity (Wildman–Crippen MR) is 112 cm³/mol. The number of nitrogens with zero attached hydrogens (tertiary/aromatic N) is 6. The van der Waals surface area contributed by atoms with Crippen molar-refractivity contribution < 1.29 is 9.53 Å². The second-order valence-corrected chi connectivity index (χ2v) is 7.44. The minimum absolute atomic E-state index is 0.0953. The Balaban J connectivity index is 1.90. The minimum atomic E-state index is -0.499. The number of benzene rings is 1. The van der Waals surface area contributed by atoms with Crippen molar-refractivity contribution in [1.82, 2.24) is 18.7 Å². The summed E-state index contributed by atoms with van der Waals surface area (Å²) in [5.74, 6) is -0.196. The van der Waals surface area contributed by atoms with E-state index in [1.54, 1.807) is 42.8 Å². The number of anilines is 1. The van der Waals surface area contributed by atoms with Crippen molar-refractivity contribution in [1.29, 1.82) is 0 Å². The van der Waals surface area contributed by atoms with Crippen LogP contribution in [0.4, 0.5) is 5.95 Å². The summed E-state index contributed by atoms with van der Waals surface area (Å²) in [6, 6.07) is 6.94. The molecule has 10 nitrogen and oxygen atoms in total. The summed E-state index contributed by atoms with van der Waals surface area (Å²) in [4.78, 5) is 42.4. The third-order valence-corrected chi connectivity index (χ3v) is 5.13. The highest BCUT2D eigenvalue weighted by atomic mass is 35.5. The van der Waals surface area contributed by atoms with Gasteiger partial charge in [0.15, 0.2) is 11.2 Å². The second kappa shape index (κ2) is 7.45. The molecule has 1 aliphatic rings. The molecule has 4 rings (SSSR count). The van der Waals surface area contributed by atoms with Gasteiger partial charge in [-0.3, -0.25) is 23.3 Å². The van der Waals surface area contributed by atoms with Crippen LogP contribution in [0.3, 0.4) is 0 Å². The first kappa shape index (κ1) is 19.9. The maximum absolute atomic E-state index is 13.3. The minimum Gasteiger partial charge on any atom is -0.468 e. The number of methoxy groups -OCH3 is 1. The number of hydrogen-bond acceptors (Lipinski definition) is 7. The van der Waals surface area contributed by atoms with Crippen molar-refractivity contribution in [2.24, 2.45) is 12.1 Å². The summed E-state index contributed by atoms with van der Waals surface area (Å²) in [5.41, 5.74) is 0.992. The van der Waals surface area contributed by atoms with Gasteiger partial charge in [0, 0.05) is 12.1 Å². The zero-order valence-corrected chi connectivity index (χ0v) is 17.4. The second-order valence-electron chi connectivity index (χ2n) is 7.00. The van der Waals surface area contributed by atoms with E-state index < -0.39 is 17.2 Å². The Morgan fingerprint density at radius 1 is 1.23 bits per heavy atom. The topological polar surface area (TPSA) is 104 Å². The van der Waals surface area contributed by atoms with E-state index in [1.165, 1.54) is 16.7 Å². The highest BCUT2D eigenvalue weighted by Crippen LogP contribution is 2.23. The molecule has 0 amide bonds. The van der Waals surface area contributed by atoms with Crippen LogP contribution in [-0.4, -0.2) is 44.0 Å². The largest absolute Gasteiger partial charge is 0.468 e. The van der Waals surface area contributed by atoms with Gasteiger partial charge in [-0.2, -0.15) is 10.1 Å². The average Bonchev–Trinajstić information content (AvgIpc) is 3.10. The van der Waals surface area contributed by atoms with Gasteiger partial charge in [0.05, 0.1) is 25.9 Å². The van der Waals surface area contributed by atoms with Crippen LogP contribution in [0, 0.1) is 0 Å². The number of ether oxygens (including phenoxy) is 1. The first-order valence-corrected chi connectivity index (χ1v) is 9.51. The van der Waals surface area contributed by atoms with E-state index in [-0.39, 0.29) is 24.3 Å². The van der Waals surface area contributed by atoms with Crippen LogP contribution in [-0.2, 0) is 29.7 Å². The molecule has 3 aromatic rings. The van der Waals surface area contributed by atoms with E-state index in [1.807, 2.05) is 0 Å². The van der Waals surface area contributed by atoms with Crippen LogP contribution in [0.25, 0.3) is 11.2 Å². The summed E-state index contributed by atoms with van der Waals surface area (Å²) < 4.78 is 8.87. The molecule has 0 radical (unpaired) electrons. The molecule has 2 aromatic heterocycles. The fourth-order valence-corrected chi connectivity index (χ4v) is 3.55. The molecule has 0 unspecified atom stereocenters. The summed E-state index contributed by atoms with van der Waals surface area (Å²) in [6.07, 6.45) is 0. The number of fused-ring (bicyclic) bond motifs is 3. The van der Waals surface area contributed by atoms with Crippen LogP contribution in [0.15, 0.2) is 39.0 Å². The first-order valence-electron chi connectivity index (χ1n) is 9.13. The molecule has 0 spiro atoms. The van der Waals surface area contributed by atoms with Crippen molar-refractivity contribution in [2.45, 2.75) is 20.0 Å². The van der Waals surface area contributed by atoms with Gasteiger partial charge < -0.3 is 4.74 Å². The number of imidazole rings is 1. The normalized spacial score (nSPS) is 13.3. The third-order valence-electron chi connectivity index (χ3n) is 4.88. The van der Waals surface area contributed by atoms with Gasteiger partial charge in [0.1, 0.15) is 6.54 Å². The van der Waals surface area contributed by atoms with Gasteiger partial charge in [-0.25, -0.2) is 9.80 Å². The molecule has 0 bridgehead atoms. The fourth-order valence-electron chi connectivity index (χ4n) is 3.42. The fraction of sp³-hybridized carbons (Fsp3) is 0.316. The zero-order chi connectivity index (χ0) is 21.6. The van der Waals surface area contributed by atoms with E-state index in [4.69, 9.17) is 16.3 Å². The summed E-state index contributed by atoms with van der Waals surface area (Å²) >= 11 is 5.92. The number of carbonyl (C=O) groups excluding carboxylic acids is 1. The van der Waals surface area contributed by atoms with Gasteiger partial charge in [0.25, 0.3) is 5.56 Å². The number of halogens is 1. The molecule has 0 saturated heterocycles. The average molecular weight is 431 g/mol. The summed E-state index contributed by atoms with van der Waals surface area (Å²) in [7, 11) is 2.84. The Kier molecular flexibility index (Phi) is 4.94. The number of hydrazone groups is 1. The lowest BCUT2D eigenvalue weighted by molar-refractivity contribution is -0.139. The van der Waals surface area contributed by atoms with Gasteiger partial charge in [-0.1, -0.05) is 23.7 Å². The highest BCUT2D eigenvalue weighted by Gasteiger charge is 2.28. The van der Waals surface area contributed by atoms with Gasteiger partial charge >= 0.3 is 11.7 Å². The Morgan fingerprint density at radius 3 is 2.60 bits per heavy atom. The van der Waals surface area contributed by atoms with E-state index in [2.05, 4.69) is 10.1 Å². The van der Waals surface area contributed by atoms with Crippen LogP contribution >= 0.6 is 11.6 Å². The molecule has 0 aliphatic carbocycles.